The molecule has 1 aromatic carbocycles. The van der Waals surface area contributed by atoms with Gasteiger partial charge in [-0.1, -0.05) is 12.5 Å². The number of nitrogens with two attached hydrogens (primary N) is 1. The number of nitrogen functional groups attached to an aromatic ring is 1. The van der Waals surface area contributed by atoms with E-state index in [0.717, 1.165) is 30.7 Å². The lowest BCUT2D eigenvalue weighted by molar-refractivity contribution is 0.433. The first-order chi connectivity index (χ1) is 8.44. The average molecular weight is 262 g/mol. The van der Waals surface area contributed by atoms with Gasteiger partial charge in [0.05, 0.1) is 11.5 Å². The largest absolute Gasteiger partial charge is 0.398 e. The van der Waals surface area contributed by atoms with Crippen LogP contribution in [-0.4, -0.2) is 5.75 Å². The molecule has 0 aliphatic carbocycles. The van der Waals surface area contributed by atoms with Gasteiger partial charge in [0.15, 0.2) is 0 Å². The number of aryl methyl sites for hydroxylation is 1. The number of thioether (sulfide) groups is 1. The van der Waals surface area contributed by atoms with Crippen LogP contribution in [0.25, 0.3) is 0 Å². The third-order valence-electron chi connectivity index (χ3n) is 2.93. The van der Waals surface area contributed by atoms with Crippen molar-refractivity contribution in [1.82, 2.24) is 0 Å². The summed E-state index contributed by atoms with van der Waals surface area (Å²) in [7, 11) is 0. The third-order valence-corrected chi connectivity index (χ3v) is 4.08. The summed E-state index contributed by atoms with van der Waals surface area (Å²) in [6, 6.07) is 8.48. The molecular weight excluding hydrogens is 240 g/mol. The highest BCUT2D eigenvalue weighted by Gasteiger charge is 2.15. The normalized spacial score (nSPS) is 11.2. The zero-order chi connectivity index (χ0) is 13.6. The van der Waals surface area contributed by atoms with E-state index in [1.165, 1.54) is 10.5 Å². The minimum Gasteiger partial charge on any atom is -0.398 e. The monoisotopic (exact) mass is 262 g/mol. The van der Waals surface area contributed by atoms with E-state index in [-0.39, 0.29) is 5.41 Å². The van der Waals surface area contributed by atoms with Crippen molar-refractivity contribution >= 4 is 17.4 Å². The lowest BCUT2D eigenvalue weighted by atomic mass is 9.89. The first-order valence-corrected chi connectivity index (χ1v) is 7.33. The second kappa shape index (κ2) is 6.70. The van der Waals surface area contributed by atoms with Gasteiger partial charge < -0.3 is 5.73 Å². The first-order valence-electron chi connectivity index (χ1n) is 6.35. The van der Waals surface area contributed by atoms with E-state index in [4.69, 9.17) is 11.0 Å². The molecule has 0 fully saturated rings. The highest BCUT2D eigenvalue weighted by atomic mass is 32.2. The predicted molar refractivity (Wildman–Crippen MR) is 79.6 cm³/mol. The highest BCUT2D eigenvalue weighted by molar-refractivity contribution is 7.99. The third kappa shape index (κ3) is 5.01. The minimum atomic E-state index is -0.187. The summed E-state index contributed by atoms with van der Waals surface area (Å²) in [6.45, 7) is 6.08. The van der Waals surface area contributed by atoms with Gasteiger partial charge >= 0.3 is 0 Å². The van der Waals surface area contributed by atoms with Crippen molar-refractivity contribution in [3.05, 3.63) is 23.8 Å². The maximum absolute atomic E-state index is 8.92. The van der Waals surface area contributed by atoms with Crippen LogP contribution in [0.3, 0.4) is 0 Å². The number of hydrogen-bond acceptors (Lipinski definition) is 3. The van der Waals surface area contributed by atoms with Gasteiger partial charge in [-0.2, -0.15) is 5.26 Å². The van der Waals surface area contributed by atoms with Gasteiger partial charge in [0.1, 0.15) is 0 Å². The van der Waals surface area contributed by atoms with Gasteiger partial charge in [-0.05, 0) is 57.1 Å². The Morgan fingerprint density at radius 2 is 2.06 bits per heavy atom. The molecule has 3 heteroatoms. The van der Waals surface area contributed by atoms with Crippen molar-refractivity contribution in [2.24, 2.45) is 5.41 Å². The molecule has 0 radical (unpaired) electrons. The molecule has 0 saturated heterocycles. The van der Waals surface area contributed by atoms with Crippen molar-refractivity contribution < 1.29 is 0 Å². The van der Waals surface area contributed by atoms with E-state index in [0.29, 0.717) is 0 Å². The average Bonchev–Trinajstić information content (AvgIpc) is 2.33. The molecule has 2 N–H and O–H groups in total. The lowest BCUT2D eigenvalue weighted by Crippen LogP contribution is -2.07. The van der Waals surface area contributed by atoms with Gasteiger partial charge in [0.2, 0.25) is 0 Å². The molecule has 1 aromatic rings. The molecule has 0 aliphatic heterocycles. The number of hydrogen-bond donors (Lipinski definition) is 1. The molecule has 0 spiro atoms. The molecule has 1 rings (SSSR count). The summed E-state index contributed by atoms with van der Waals surface area (Å²) >= 11 is 1.81. The fourth-order valence-electron chi connectivity index (χ4n) is 1.67. The van der Waals surface area contributed by atoms with Crippen molar-refractivity contribution in [2.75, 3.05) is 11.5 Å². The molecule has 0 heterocycles. The van der Waals surface area contributed by atoms with Crippen LogP contribution in [0, 0.1) is 23.7 Å². The van der Waals surface area contributed by atoms with Crippen molar-refractivity contribution in [3.8, 4) is 6.07 Å². The van der Waals surface area contributed by atoms with Crippen LogP contribution in [0.5, 0.6) is 0 Å². The quantitative estimate of drug-likeness (QED) is 0.470. The SMILES string of the molecule is Cc1ccc(N)c(SCCCCC(C)(C)C#N)c1. The Morgan fingerprint density at radius 3 is 2.72 bits per heavy atom. The molecule has 0 aromatic heterocycles. The van der Waals surface area contributed by atoms with Crippen LogP contribution in [0.15, 0.2) is 23.1 Å². The van der Waals surface area contributed by atoms with E-state index in [1.807, 2.05) is 37.7 Å². The first kappa shape index (κ1) is 14.9. The molecule has 0 aliphatic rings. The van der Waals surface area contributed by atoms with Crippen molar-refractivity contribution in [3.63, 3.8) is 0 Å². The number of benzene rings is 1. The molecule has 0 atom stereocenters. The number of unbranched alkanes of at least 4 members (excludes halogenated alkanes) is 1. The van der Waals surface area contributed by atoms with Crippen LogP contribution in [0.4, 0.5) is 5.69 Å². The molecule has 2 nitrogen and oxygen atoms in total. The molecule has 0 amide bonds. The predicted octanol–water partition coefficient (Wildman–Crippen LogP) is 4.39. The zero-order valence-corrected chi connectivity index (χ0v) is 12.3. The number of nitrogens with zero attached hydrogens (tertiary/aromatic N) is 1. The van der Waals surface area contributed by atoms with E-state index < -0.39 is 0 Å². The summed E-state index contributed by atoms with van der Waals surface area (Å²) in [6.07, 6.45) is 3.19. The number of rotatable bonds is 6. The van der Waals surface area contributed by atoms with E-state index in [2.05, 4.69) is 19.1 Å². The van der Waals surface area contributed by atoms with Crippen molar-refractivity contribution in [2.45, 2.75) is 44.9 Å². The highest BCUT2D eigenvalue weighted by Crippen LogP contribution is 2.28. The summed E-state index contributed by atoms with van der Waals surface area (Å²) in [5, 5.41) is 8.92. The molecule has 0 unspecified atom stereocenters. The van der Waals surface area contributed by atoms with Crippen LogP contribution < -0.4 is 5.73 Å². The van der Waals surface area contributed by atoms with Gasteiger partial charge in [-0.25, -0.2) is 0 Å². The second-order valence-electron chi connectivity index (χ2n) is 5.34. The lowest BCUT2D eigenvalue weighted by Gasteiger charge is -2.14. The Kier molecular flexibility index (Phi) is 5.55. The topological polar surface area (TPSA) is 49.8 Å². The van der Waals surface area contributed by atoms with Gasteiger partial charge in [0.25, 0.3) is 0 Å². The minimum absolute atomic E-state index is 0.187. The van der Waals surface area contributed by atoms with Gasteiger partial charge in [-0.15, -0.1) is 11.8 Å². The number of anilines is 1. The molecule has 98 valence electrons. The molecule has 18 heavy (non-hydrogen) atoms. The van der Waals surface area contributed by atoms with Gasteiger partial charge in [0, 0.05) is 10.6 Å². The molecule has 0 bridgehead atoms. The van der Waals surface area contributed by atoms with Crippen LogP contribution in [0.2, 0.25) is 0 Å². The van der Waals surface area contributed by atoms with Crippen LogP contribution >= 0.6 is 11.8 Å². The summed E-state index contributed by atoms with van der Waals surface area (Å²) in [5.41, 5.74) is 7.85. The van der Waals surface area contributed by atoms with Crippen LogP contribution in [-0.2, 0) is 0 Å². The Hall–Kier alpha value is -1.14. The van der Waals surface area contributed by atoms with E-state index >= 15 is 0 Å². The summed E-state index contributed by atoms with van der Waals surface area (Å²) < 4.78 is 0. The fourth-order valence-corrected chi connectivity index (χ4v) is 2.75. The van der Waals surface area contributed by atoms with Crippen molar-refractivity contribution in [1.29, 1.82) is 5.26 Å². The maximum atomic E-state index is 8.92. The Labute approximate surface area is 115 Å². The summed E-state index contributed by atoms with van der Waals surface area (Å²) in [5.74, 6) is 1.06. The molecule has 0 saturated carbocycles. The van der Waals surface area contributed by atoms with Gasteiger partial charge in [-0.3, -0.25) is 0 Å². The fraction of sp³-hybridized carbons (Fsp3) is 0.533. The molecular formula is C15H22N2S. The number of nitriles is 1. The Balaban J connectivity index is 2.30. The summed E-state index contributed by atoms with van der Waals surface area (Å²) in [4.78, 5) is 1.18. The Morgan fingerprint density at radius 1 is 1.33 bits per heavy atom. The standard InChI is InChI=1S/C15H22N2S/c1-12-6-7-13(17)14(10-12)18-9-5-4-8-15(2,3)11-16/h6-7,10H,4-5,8-9,17H2,1-3H3. The van der Waals surface area contributed by atoms with E-state index in [9.17, 15) is 0 Å². The Bertz CT molecular complexity index is 433. The maximum Gasteiger partial charge on any atom is 0.0683 e. The smallest absolute Gasteiger partial charge is 0.0683 e. The second-order valence-corrected chi connectivity index (χ2v) is 6.48. The zero-order valence-electron chi connectivity index (χ0n) is 11.5. The van der Waals surface area contributed by atoms with Crippen LogP contribution in [0.1, 0.15) is 38.7 Å². The van der Waals surface area contributed by atoms with E-state index in [1.54, 1.807) is 0 Å².